The van der Waals surface area contributed by atoms with Crippen LogP contribution in [0.1, 0.15) is 0 Å². The summed E-state index contributed by atoms with van der Waals surface area (Å²) in [6.07, 6.45) is -3.24. The molecule has 0 aliphatic carbocycles. The summed E-state index contributed by atoms with van der Waals surface area (Å²) in [7, 11) is 0. The second-order valence-corrected chi connectivity index (χ2v) is 2.06. The van der Waals surface area contributed by atoms with E-state index in [-0.39, 0.29) is 5.88 Å². The van der Waals surface area contributed by atoms with Crippen molar-refractivity contribution in [2.45, 2.75) is 12.5 Å². The first-order valence-electron chi connectivity index (χ1n) is 3.24. The molecular formula is C6H7F3N2O. The van der Waals surface area contributed by atoms with Gasteiger partial charge in [-0.1, -0.05) is 0 Å². The molecule has 3 nitrogen and oxygen atoms in total. The molecule has 6 heteroatoms. The van der Waals surface area contributed by atoms with Gasteiger partial charge in [0.05, 0.1) is 6.20 Å². The van der Waals surface area contributed by atoms with Crippen LogP contribution in [-0.2, 0) is 0 Å². The van der Waals surface area contributed by atoms with E-state index in [1.54, 1.807) is 0 Å². The van der Waals surface area contributed by atoms with Crippen LogP contribution < -0.4 is 4.74 Å². The minimum Gasteiger partial charge on any atom is -0.440 e. The molecule has 1 heterocycles. The van der Waals surface area contributed by atoms with E-state index in [4.69, 9.17) is 0 Å². The third kappa shape index (κ3) is 2.14. The Morgan fingerprint density at radius 1 is 1.58 bits per heavy atom. The molecule has 0 bridgehead atoms. The van der Waals surface area contributed by atoms with E-state index in [9.17, 15) is 13.2 Å². The molecule has 68 valence electrons. The number of alkyl halides is 3. The van der Waals surface area contributed by atoms with Crippen LogP contribution in [0.5, 0.6) is 5.88 Å². The van der Waals surface area contributed by atoms with Gasteiger partial charge in [-0.3, -0.25) is 0 Å². The number of aromatic nitrogens is 2. The molecule has 0 aliphatic heterocycles. The number of aromatic amines is 1. The van der Waals surface area contributed by atoms with E-state index in [0.717, 1.165) is 0 Å². The highest BCUT2D eigenvalue weighted by Gasteiger charge is 2.22. The maximum Gasteiger partial charge on any atom is 0.273 e. The molecule has 2 atom stereocenters. The SMILES string of the molecule is FCC(F)C(F)Oc1ccn[nH]1. The summed E-state index contributed by atoms with van der Waals surface area (Å²) in [6, 6.07) is 1.30. The van der Waals surface area contributed by atoms with Crippen molar-refractivity contribution in [1.82, 2.24) is 10.2 Å². The number of halogens is 3. The number of nitrogens with zero attached hydrogens (tertiary/aromatic N) is 1. The van der Waals surface area contributed by atoms with Crippen LogP contribution in [0, 0.1) is 0 Å². The van der Waals surface area contributed by atoms with E-state index in [0.29, 0.717) is 0 Å². The van der Waals surface area contributed by atoms with Crippen molar-refractivity contribution in [1.29, 1.82) is 0 Å². The lowest BCUT2D eigenvalue weighted by Crippen LogP contribution is -2.25. The van der Waals surface area contributed by atoms with E-state index in [1.165, 1.54) is 12.3 Å². The molecule has 1 N–H and O–H groups in total. The average Bonchev–Trinajstić information content (AvgIpc) is 2.55. The van der Waals surface area contributed by atoms with Gasteiger partial charge in [0.1, 0.15) is 6.67 Å². The molecule has 0 spiro atoms. The first kappa shape index (κ1) is 8.89. The lowest BCUT2D eigenvalue weighted by atomic mass is 10.4. The van der Waals surface area contributed by atoms with Crippen molar-refractivity contribution in [3.8, 4) is 5.88 Å². The number of hydrogen-bond donors (Lipinski definition) is 1. The van der Waals surface area contributed by atoms with Crippen LogP contribution in [0.2, 0.25) is 0 Å². The van der Waals surface area contributed by atoms with Gasteiger partial charge < -0.3 is 4.74 Å². The van der Waals surface area contributed by atoms with Crippen LogP contribution >= 0.6 is 0 Å². The summed E-state index contributed by atoms with van der Waals surface area (Å²) in [5.74, 6) is -0.0291. The molecule has 0 aliphatic rings. The van der Waals surface area contributed by atoms with Gasteiger partial charge in [-0.15, -0.1) is 0 Å². The predicted octanol–water partition coefficient (Wildman–Crippen LogP) is 1.39. The van der Waals surface area contributed by atoms with Crippen molar-refractivity contribution in [3.05, 3.63) is 12.3 Å². The molecule has 2 unspecified atom stereocenters. The van der Waals surface area contributed by atoms with Crippen molar-refractivity contribution < 1.29 is 17.9 Å². The minimum absolute atomic E-state index is 0.0291. The molecule has 1 aromatic heterocycles. The summed E-state index contributed by atoms with van der Waals surface area (Å²) in [4.78, 5) is 0. The summed E-state index contributed by atoms with van der Waals surface area (Å²) in [5.41, 5.74) is 0. The predicted molar refractivity (Wildman–Crippen MR) is 35.0 cm³/mol. The first-order valence-corrected chi connectivity index (χ1v) is 3.24. The number of nitrogens with one attached hydrogen (secondary N) is 1. The maximum atomic E-state index is 12.5. The molecule has 0 saturated heterocycles. The third-order valence-corrected chi connectivity index (χ3v) is 1.15. The van der Waals surface area contributed by atoms with Crippen molar-refractivity contribution in [2.75, 3.05) is 6.67 Å². The lowest BCUT2D eigenvalue weighted by Gasteiger charge is -2.10. The number of rotatable bonds is 4. The van der Waals surface area contributed by atoms with Crippen LogP contribution in [0.4, 0.5) is 13.2 Å². The molecule has 0 amide bonds. The second kappa shape index (κ2) is 3.99. The second-order valence-electron chi connectivity index (χ2n) is 2.06. The van der Waals surface area contributed by atoms with Gasteiger partial charge in [-0.2, -0.15) is 9.49 Å². The highest BCUT2D eigenvalue weighted by Crippen LogP contribution is 2.11. The van der Waals surface area contributed by atoms with E-state index < -0.39 is 19.2 Å². The van der Waals surface area contributed by atoms with Gasteiger partial charge >= 0.3 is 0 Å². The Bertz CT molecular complexity index is 217. The van der Waals surface area contributed by atoms with Crippen molar-refractivity contribution in [2.24, 2.45) is 0 Å². The Balaban J connectivity index is 2.41. The standard InChI is InChI=1S/C6H7F3N2O/c7-3-4(8)6(9)12-5-1-2-10-11-5/h1-2,4,6H,3H2,(H,10,11). The van der Waals surface area contributed by atoms with E-state index in [1.807, 2.05) is 0 Å². The van der Waals surface area contributed by atoms with Crippen LogP contribution in [0.3, 0.4) is 0 Å². The number of ether oxygens (including phenoxy) is 1. The summed E-state index contributed by atoms with van der Waals surface area (Å²) in [6.45, 7) is -1.41. The molecule has 12 heavy (non-hydrogen) atoms. The molecule has 0 fully saturated rings. The molecule has 1 rings (SSSR count). The first-order chi connectivity index (χ1) is 5.74. The van der Waals surface area contributed by atoms with Gasteiger partial charge in [0, 0.05) is 6.07 Å². The Morgan fingerprint density at radius 3 is 2.83 bits per heavy atom. The zero-order valence-corrected chi connectivity index (χ0v) is 6.01. The summed E-state index contributed by atoms with van der Waals surface area (Å²) < 4.78 is 40.5. The fraction of sp³-hybridized carbons (Fsp3) is 0.500. The van der Waals surface area contributed by atoms with Gasteiger partial charge in [0.15, 0.2) is 6.17 Å². The maximum absolute atomic E-state index is 12.5. The largest absolute Gasteiger partial charge is 0.440 e. The number of hydrogen-bond acceptors (Lipinski definition) is 2. The molecule has 0 radical (unpaired) electrons. The smallest absolute Gasteiger partial charge is 0.273 e. The highest BCUT2D eigenvalue weighted by molar-refractivity contribution is 5.04. The van der Waals surface area contributed by atoms with E-state index >= 15 is 0 Å². The van der Waals surface area contributed by atoms with Crippen LogP contribution in [-0.4, -0.2) is 29.4 Å². The minimum atomic E-state index is -2.30. The molecule has 0 saturated carbocycles. The monoisotopic (exact) mass is 180 g/mol. The normalized spacial score (nSPS) is 15.6. The molecule has 1 aromatic rings. The average molecular weight is 180 g/mol. The zero-order chi connectivity index (χ0) is 8.97. The Labute approximate surface area is 66.5 Å². The quantitative estimate of drug-likeness (QED) is 0.760. The van der Waals surface area contributed by atoms with Gasteiger partial charge in [0.2, 0.25) is 5.88 Å². The highest BCUT2D eigenvalue weighted by atomic mass is 19.2. The van der Waals surface area contributed by atoms with Gasteiger partial charge in [0.25, 0.3) is 6.36 Å². The van der Waals surface area contributed by atoms with Crippen LogP contribution in [0.15, 0.2) is 12.3 Å². The topological polar surface area (TPSA) is 37.9 Å². The van der Waals surface area contributed by atoms with Gasteiger partial charge in [-0.25, -0.2) is 13.9 Å². The fourth-order valence-electron chi connectivity index (χ4n) is 0.574. The zero-order valence-electron chi connectivity index (χ0n) is 6.01. The fourth-order valence-corrected chi connectivity index (χ4v) is 0.574. The lowest BCUT2D eigenvalue weighted by molar-refractivity contribution is -0.0177. The molecule has 0 aromatic carbocycles. The Morgan fingerprint density at radius 2 is 2.33 bits per heavy atom. The van der Waals surface area contributed by atoms with Crippen molar-refractivity contribution in [3.63, 3.8) is 0 Å². The van der Waals surface area contributed by atoms with Crippen molar-refractivity contribution >= 4 is 0 Å². The van der Waals surface area contributed by atoms with E-state index in [2.05, 4.69) is 14.9 Å². The third-order valence-electron chi connectivity index (χ3n) is 1.15. The van der Waals surface area contributed by atoms with Gasteiger partial charge in [-0.05, 0) is 0 Å². The Hall–Kier alpha value is -1.20. The van der Waals surface area contributed by atoms with Crippen LogP contribution in [0.25, 0.3) is 0 Å². The summed E-state index contributed by atoms with van der Waals surface area (Å²) in [5, 5.41) is 5.67. The molecular weight excluding hydrogens is 173 g/mol. The number of H-pyrrole nitrogens is 1. The Kier molecular flexibility index (Phi) is 2.95. The summed E-state index contributed by atoms with van der Waals surface area (Å²) >= 11 is 0.